The van der Waals surface area contributed by atoms with E-state index in [1.165, 1.54) is 37.4 Å². The summed E-state index contributed by atoms with van der Waals surface area (Å²) in [7, 11) is -2.84. The van der Waals surface area contributed by atoms with Gasteiger partial charge in [-0.25, -0.2) is 26.4 Å². The van der Waals surface area contributed by atoms with E-state index in [1.807, 2.05) is 0 Å². The molecule has 0 fully saturated rings. The van der Waals surface area contributed by atoms with E-state index in [-0.39, 0.29) is 36.0 Å². The minimum Gasteiger partial charge on any atom is -0.496 e. The smallest absolute Gasteiger partial charge is 0.341 e. The fraction of sp³-hybridized carbons (Fsp3) is 0.161. The van der Waals surface area contributed by atoms with Crippen LogP contribution >= 0.6 is 0 Å². The molecule has 9 nitrogen and oxygen atoms in total. The normalized spacial score (nSPS) is 14.2. The monoisotopic (exact) mass is 626 g/mol. The second kappa shape index (κ2) is 12.3. The summed E-state index contributed by atoms with van der Waals surface area (Å²) < 4.78 is 80.9. The first-order valence-electron chi connectivity index (χ1n) is 13.2. The van der Waals surface area contributed by atoms with E-state index in [9.17, 15) is 31.2 Å². The van der Waals surface area contributed by atoms with Crippen molar-refractivity contribution in [3.63, 3.8) is 0 Å². The average molecular weight is 627 g/mol. The van der Waals surface area contributed by atoms with Crippen LogP contribution in [0.4, 0.5) is 18.9 Å². The van der Waals surface area contributed by atoms with Crippen molar-refractivity contribution < 1.29 is 45.8 Å². The lowest BCUT2D eigenvalue weighted by atomic mass is 10.0. The summed E-state index contributed by atoms with van der Waals surface area (Å²) in [5.41, 5.74) is 1.03. The predicted molar refractivity (Wildman–Crippen MR) is 154 cm³/mol. The second-order valence-corrected chi connectivity index (χ2v) is 11.5. The minimum atomic E-state index is -4.24. The predicted octanol–water partition coefficient (Wildman–Crippen LogP) is 4.79. The number of halogens is 3. The van der Waals surface area contributed by atoms with Crippen LogP contribution < -0.4 is 19.1 Å². The Balaban J connectivity index is 1.33. The number of carboxylic acids is 1. The van der Waals surface area contributed by atoms with Gasteiger partial charge in [-0.2, -0.15) is 0 Å². The van der Waals surface area contributed by atoms with Crippen LogP contribution in [0, 0.1) is 17.5 Å². The number of nitrogens with zero attached hydrogens (tertiary/aromatic N) is 1. The van der Waals surface area contributed by atoms with Gasteiger partial charge in [0.05, 0.1) is 24.2 Å². The molecule has 0 saturated heterocycles. The maximum Gasteiger partial charge on any atom is 0.341 e. The van der Waals surface area contributed by atoms with Gasteiger partial charge in [0.15, 0.2) is 0 Å². The molecule has 0 unspecified atom stereocenters. The summed E-state index contributed by atoms with van der Waals surface area (Å²) in [4.78, 5) is 24.2. The van der Waals surface area contributed by atoms with Crippen molar-refractivity contribution >= 4 is 27.6 Å². The molecule has 0 radical (unpaired) electrons. The number of benzene rings is 4. The molecule has 0 bridgehead atoms. The molecule has 2 N–H and O–H groups in total. The number of nitrogens with one attached hydrogen (secondary N) is 1. The van der Waals surface area contributed by atoms with Crippen molar-refractivity contribution in [2.75, 3.05) is 24.6 Å². The van der Waals surface area contributed by atoms with Crippen LogP contribution in [0.3, 0.4) is 0 Å². The zero-order valence-electron chi connectivity index (χ0n) is 23.1. The van der Waals surface area contributed by atoms with Gasteiger partial charge in [-0.05, 0) is 41.5 Å². The lowest BCUT2D eigenvalue weighted by molar-refractivity contribution is -0.122. The molecule has 1 heterocycles. The molecular formula is C31H25F3N2O7S. The van der Waals surface area contributed by atoms with Crippen LogP contribution in [0.2, 0.25) is 0 Å². The SMILES string of the molecule is COc1cc(F)ccc1-c1ccc(S(=O)(=O)N2c3ccccc3C[C@H]2C(=O)NCCOc2cc(F)c(C(=O)O)c(F)c2)cc1. The number of rotatable bonds is 10. The Labute approximate surface area is 250 Å². The number of anilines is 1. The zero-order valence-corrected chi connectivity index (χ0v) is 23.9. The van der Waals surface area contributed by atoms with Crippen LogP contribution in [0.5, 0.6) is 11.5 Å². The number of methoxy groups -OCH3 is 1. The summed E-state index contributed by atoms with van der Waals surface area (Å²) >= 11 is 0. The molecule has 1 atom stereocenters. The first-order valence-corrected chi connectivity index (χ1v) is 14.6. The number of hydrogen-bond donors (Lipinski definition) is 2. The third-order valence-corrected chi connectivity index (χ3v) is 8.85. The summed E-state index contributed by atoms with van der Waals surface area (Å²) in [6, 6.07) is 16.9. The molecule has 0 spiro atoms. The maximum atomic E-state index is 13.9. The molecule has 1 aliphatic heterocycles. The average Bonchev–Trinajstić information content (AvgIpc) is 3.39. The fourth-order valence-electron chi connectivity index (χ4n) is 4.98. The topological polar surface area (TPSA) is 122 Å². The molecule has 1 amide bonds. The first-order chi connectivity index (χ1) is 21.0. The first kappa shape index (κ1) is 30.4. The minimum absolute atomic E-state index is 0.0750. The Morgan fingerprint density at radius 3 is 2.32 bits per heavy atom. The van der Waals surface area contributed by atoms with Gasteiger partial charge < -0.3 is 19.9 Å². The molecule has 4 aromatic rings. The van der Waals surface area contributed by atoms with Gasteiger partial charge in [-0.3, -0.25) is 9.10 Å². The number of carbonyl (C=O) groups is 2. The van der Waals surface area contributed by atoms with E-state index in [0.29, 0.717) is 34.5 Å². The summed E-state index contributed by atoms with van der Waals surface area (Å²) in [6.45, 7) is -0.380. The third-order valence-electron chi connectivity index (χ3n) is 7.01. The van der Waals surface area contributed by atoms with Gasteiger partial charge in [0.2, 0.25) is 5.91 Å². The van der Waals surface area contributed by atoms with Crippen LogP contribution in [-0.4, -0.2) is 51.7 Å². The van der Waals surface area contributed by atoms with Gasteiger partial charge in [-0.15, -0.1) is 0 Å². The molecule has 4 aromatic carbocycles. The Morgan fingerprint density at radius 2 is 1.66 bits per heavy atom. The number of amides is 1. The number of sulfonamides is 1. The number of carboxylic acid groups (broad SMARTS) is 1. The summed E-state index contributed by atoms with van der Waals surface area (Å²) in [6.07, 6.45) is 0.0973. The number of fused-ring (bicyclic) bond motifs is 1. The Morgan fingerprint density at radius 1 is 0.977 bits per heavy atom. The molecule has 0 aromatic heterocycles. The van der Waals surface area contributed by atoms with Gasteiger partial charge in [-0.1, -0.05) is 30.3 Å². The molecule has 13 heteroatoms. The third kappa shape index (κ3) is 5.91. The number of para-hydroxylation sites is 1. The van der Waals surface area contributed by atoms with Crippen molar-refractivity contribution in [1.29, 1.82) is 0 Å². The summed E-state index contributed by atoms with van der Waals surface area (Å²) in [5.74, 6) is -5.50. The highest BCUT2D eigenvalue weighted by atomic mass is 32.2. The van der Waals surface area contributed by atoms with E-state index in [2.05, 4.69) is 5.32 Å². The zero-order chi connectivity index (χ0) is 31.6. The molecule has 44 heavy (non-hydrogen) atoms. The molecular weight excluding hydrogens is 601 g/mol. The number of carbonyl (C=O) groups excluding carboxylic acids is 1. The van der Waals surface area contributed by atoms with Gasteiger partial charge in [0.1, 0.15) is 47.2 Å². The van der Waals surface area contributed by atoms with Crippen molar-refractivity contribution in [1.82, 2.24) is 5.32 Å². The molecule has 0 saturated carbocycles. The van der Waals surface area contributed by atoms with Gasteiger partial charge in [0, 0.05) is 30.2 Å². The van der Waals surface area contributed by atoms with Crippen LogP contribution in [0.15, 0.2) is 83.8 Å². The van der Waals surface area contributed by atoms with Crippen LogP contribution in [0.25, 0.3) is 11.1 Å². The van der Waals surface area contributed by atoms with Gasteiger partial charge in [0.25, 0.3) is 10.0 Å². The van der Waals surface area contributed by atoms with E-state index in [4.69, 9.17) is 14.6 Å². The van der Waals surface area contributed by atoms with Crippen molar-refractivity contribution in [2.45, 2.75) is 17.4 Å². The van der Waals surface area contributed by atoms with E-state index in [0.717, 1.165) is 4.31 Å². The Bertz CT molecular complexity index is 1830. The van der Waals surface area contributed by atoms with Crippen molar-refractivity contribution in [3.8, 4) is 22.6 Å². The molecule has 228 valence electrons. The van der Waals surface area contributed by atoms with Crippen molar-refractivity contribution in [2.24, 2.45) is 0 Å². The fourth-order valence-corrected chi connectivity index (χ4v) is 6.63. The lowest BCUT2D eigenvalue weighted by Gasteiger charge is -2.26. The van der Waals surface area contributed by atoms with Crippen molar-refractivity contribution in [3.05, 3.63) is 107 Å². The van der Waals surface area contributed by atoms with E-state index < -0.39 is 51.0 Å². The Kier molecular flexibility index (Phi) is 8.50. The largest absolute Gasteiger partial charge is 0.496 e. The summed E-state index contributed by atoms with van der Waals surface area (Å²) in [5, 5.41) is 11.5. The van der Waals surface area contributed by atoms with Crippen LogP contribution in [0.1, 0.15) is 15.9 Å². The number of aromatic carboxylic acids is 1. The number of hydrogen-bond acceptors (Lipinski definition) is 6. The maximum absolute atomic E-state index is 13.9. The molecule has 0 aliphatic carbocycles. The lowest BCUT2D eigenvalue weighted by Crippen LogP contribution is -2.48. The van der Waals surface area contributed by atoms with Gasteiger partial charge >= 0.3 is 5.97 Å². The quantitative estimate of drug-likeness (QED) is 0.243. The van der Waals surface area contributed by atoms with E-state index >= 15 is 0 Å². The highest BCUT2D eigenvalue weighted by Crippen LogP contribution is 2.38. The second-order valence-electron chi connectivity index (χ2n) is 9.73. The molecule has 5 rings (SSSR count). The molecule has 1 aliphatic rings. The highest BCUT2D eigenvalue weighted by molar-refractivity contribution is 7.93. The van der Waals surface area contributed by atoms with E-state index in [1.54, 1.807) is 36.4 Å². The number of ether oxygens (including phenoxy) is 2. The highest BCUT2D eigenvalue weighted by Gasteiger charge is 2.42. The van der Waals surface area contributed by atoms with Crippen LogP contribution in [-0.2, 0) is 21.2 Å². The standard InChI is InChI=1S/C31H25F3N2O7S/c1-42-28-15-20(32)8-11-23(28)18-6-9-22(10-7-18)44(40,41)36-26-5-3-2-4-19(26)14-27(36)30(37)35-12-13-43-21-16-24(33)29(31(38)39)25(34)17-21/h2-11,15-17,27H,12-14H2,1H3,(H,35,37)(H,38,39)/t27-/m0/s1. The Hall–Kier alpha value is -5.04.